The number of benzene rings is 1. The van der Waals surface area contributed by atoms with Crippen molar-refractivity contribution in [2.75, 3.05) is 13.1 Å². The molecule has 1 aliphatic heterocycles. The highest BCUT2D eigenvalue weighted by molar-refractivity contribution is 14.1. The SMILES string of the molecule is O=C1CCN(C(=O)c2cc(Cl)ccc2I)CC1. The molecule has 17 heavy (non-hydrogen) atoms. The molecule has 0 N–H and O–H groups in total. The van der Waals surface area contributed by atoms with Crippen LogP contribution in [-0.4, -0.2) is 29.7 Å². The third-order valence-corrected chi connectivity index (χ3v) is 3.94. The van der Waals surface area contributed by atoms with E-state index in [0.29, 0.717) is 36.5 Å². The van der Waals surface area contributed by atoms with Crippen molar-refractivity contribution in [2.45, 2.75) is 12.8 Å². The molecule has 5 heteroatoms. The minimum absolute atomic E-state index is 0.0376. The van der Waals surface area contributed by atoms with E-state index in [1.54, 1.807) is 17.0 Å². The molecule has 1 aliphatic rings. The predicted octanol–water partition coefficient (Wildman–Crippen LogP) is 2.75. The van der Waals surface area contributed by atoms with Gasteiger partial charge in [-0.1, -0.05) is 11.6 Å². The van der Waals surface area contributed by atoms with Crippen molar-refractivity contribution in [3.63, 3.8) is 0 Å². The molecule has 0 saturated carbocycles. The Hall–Kier alpha value is -0.620. The molecule has 3 nitrogen and oxygen atoms in total. The summed E-state index contributed by atoms with van der Waals surface area (Å²) in [7, 11) is 0. The number of rotatable bonds is 1. The fraction of sp³-hybridized carbons (Fsp3) is 0.333. The molecule has 1 aromatic carbocycles. The van der Waals surface area contributed by atoms with Crippen molar-refractivity contribution in [1.82, 2.24) is 4.90 Å². The van der Waals surface area contributed by atoms with Gasteiger partial charge in [-0.3, -0.25) is 9.59 Å². The molecular formula is C12H11ClINO2. The van der Waals surface area contributed by atoms with Gasteiger partial charge in [-0.25, -0.2) is 0 Å². The number of hydrogen-bond donors (Lipinski definition) is 0. The molecular weight excluding hydrogens is 352 g/mol. The third-order valence-electron chi connectivity index (χ3n) is 2.77. The highest BCUT2D eigenvalue weighted by Gasteiger charge is 2.23. The number of piperidine rings is 1. The van der Waals surface area contributed by atoms with E-state index >= 15 is 0 Å². The number of carbonyl (C=O) groups is 2. The maximum Gasteiger partial charge on any atom is 0.255 e. The zero-order valence-electron chi connectivity index (χ0n) is 9.08. The van der Waals surface area contributed by atoms with E-state index in [2.05, 4.69) is 22.6 Å². The molecule has 90 valence electrons. The summed E-state index contributed by atoms with van der Waals surface area (Å²) in [4.78, 5) is 25.1. The van der Waals surface area contributed by atoms with Crippen molar-refractivity contribution in [1.29, 1.82) is 0 Å². The summed E-state index contributed by atoms with van der Waals surface area (Å²) in [6.45, 7) is 1.03. The quantitative estimate of drug-likeness (QED) is 0.720. The van der Waals surface area contributed by atoms with Crippen LogP contribution >= 0.6 is 34.2 Å². The number of carbonyl (C=O) groups excluding carboxylic acids is 2. The van der Waals surface area contributed by atoms with Crippen LogP contribution < -0.4 is 0 Å². The lowest BCUT2D eigenvalue weighted by Gasteiger charge is -2.26. The first-order chi connectivity index (χ1) is 8.08. The molecule has 0 aliphatic carbocycles. The van der Waals surface area contributed by atoms with E-state index in [0.717, 1.165) is 3.57 Å². The molecule has 0 radical (unpaired) electrons. The van der Waals surface area contributed by atoms with Gasteiger partial charge in [-0.2, -0.15) is 0 Å². The molecule has 1 heterocycles. The second kappa shape index (κ2) is 5.35. The number of hydrogen-bond acceptors (Lipinski definition) is 2. The number of halogens is 2. The van der Waals surface area contributed by atoms with Crippen molar-refractivity contribution in [3.8, 4) is 0 Å². The fourth-order valence-electron chi connectivity index (χ4n) is 1.79. The predicted molar refractivity (Wildman–Crippen MR) is 74.3 cm³/mol. The van der Waals surface area contributed by atoms with E-state index < -0.39 is 0 Å². The Balaban J connectivity index is 2.19. The monoisotopic (exact) mass is 363 g/mol. The second-order valence-corrected chi connectivity index (χ2v) is 5.55. The first-order valence-corrected chi connectivity index (χ1v) is 6.79. The largest absolute Gasteiger partial charge is 0.338 e. The summed E-state index contributed by atoms with van der Waals surface area (Å²) in [5, 5.41) is 0.557. The van der Waals surface area contributed by atoms with Crippen LogP contribution in [0.25, 0.3) is 0 Å². The van der Waals surface area contributed by atoms with Crippen molar-refractivity contribution >= 4 is 45.9 Å². The minimum Gasteiger partial charge on any atom is -0.338 e. The maximum absolute atomic E-state index is 12.2. The van der Waals surface area contributed by atoms with Crippen LogP contribution in [0.3, 0.4) is 0 Å². The normalized spacial score (nSPS) is 16.1. The molecule has 0 atom stereocenters. The van der Waals surface area contributed by atoms with Gasteiger partial charge in [0.1, 0.15) is 5.78 Å². The Morgan fingerprint density at radius 1 is 1.29 bits per heavy atom. The number of Topliss-reactive ketones (excluding diaryl/α,β-unsaturated/α-hetero) is 1. The van der Waals surface area contributed by atoms with Gasteiger partial charge in [0.2, 0.25) is 0 Å². The molecule has 1 amide bonds. The van der Waals surface area contributed by atoms with E-state index in [1.807, 2.05) is 6.07 Å². The second-order valence-electron chi connectivity index (χ2n) is 3.96. The van der Waals surface area contributed by atoms with Gasteiger partial charge in [0, 0.05) is 34.5 Å². The van der Waals surface area contributed by atoms with E-state index in [4.69, 9.17) is 11.6 Å². The van der Waals surface area contributed by atoms with Crippen LogP contribution in [0, 0.1) is 3.57 Å². The Morgan fingerprint density at radius 2 is 1.94 bits per heavy atom. The van der Waals surface area contributed by atoms with Gasteiger partial charge in [0.15, 0.2) is 0 Å². The molecule has 2 rings (SSSR count). The van der Waals surface area contributed by atoms with E-state index in [9.17, 15) is 9.59 Å². The lowest BCUT2D eigenvalue weighted by atomic mass is 10.1. The Labute approximate surface area is 118 Å². The van der Waals surface area contributed by atoms with Gasteiger partial charge in [0.25, 0.3) is 5.91 Å². The number of ketones is 1. The summed E-state index contributed by atoms with van der Waals surface area (Å²) in [5.74, 6) is 0.194. The van der Waals surface area contributed by atoms with Crippen molar-refractivity contribution < 1.29 is 9.59 Å². The average molecular weight is 364 g/mol. The molecule has 0 spiro atoms. The molecule has 0 aromatic heterocycles. The Morgan fingerprint density at radius 3 is 2.59 bits per heavy atom. The summed E-state index contributed by atoms with van der Waals surface area (Å²) in [6.07, 6.45) is 0.922. The topological polar surface area (TPSA) is 37.4 Å². The Bertz CT molecular complexity index is 466. The lowest BCUT2D eigenvalue weighted by Crippen LogP contribution is -2.38. The highest BCUT2D eigenvalue weighted by Crippen LogP contribution is 2.20. The fourth-order valence-corrected chi connectivity index (χ4v) is 2.53. The highest BCUT2D eigenvalue weighted by atomic mass is 127. The van der Waals surface area contributed by atoms with Crippen LogP contribution in [0.4, 0.5) is 0 Å². The molecule has 1 saturated heterocycles. The molecule has 1 fully saturated rings. The van der Waals surface area contributed by atoms with Gasteiger partial charge >= 0.3 is 0 Å². The van der Waals surface area contributed by atoms with Gasteiger partial charge < -0.3 is 4.90 Å². The van der Waals surface area contributed by atoms with Crippen molar-refractivity contribution in [2.24, 2.45) is 0 Å². The Kier molecular flexibility index (Phi) is 4.04. The smallest absolute Gasteiger partial charge is 0.255 e. The summed E-state index contributed by atoms with van der Waals surface area (Å²) < 4.78 is 0.883. The van der Waals surface area contributed by atoms with Crippen LogP contribution in [0.5, 0.6) is 0 Å². The molecule has 0 unspecified atom stereocenters. The number of amides is 1. The van der Waals surface area contributed by atoms with Gasteiger partial charge in [-0.15, -0.1) is 0 Å². The molecule has 1 aromatic rings. The summed E-state index contributed by atoms with van der Waals surface area (Å²) in [5.41, 5.74) is 0.618. The average Bonchev–Trinajstić information content (AvgIpc) is 2.32. The lowest BCUT2D eigenvalue weighted by molar-refractivity contribution is -0.120. The maximum atomic E-state index is 12.2. The van der Waals surface area contributed by atoms with Crippen LogP contribution in [0.1, 0.15) is 23.2 Å². The van der Waals surface area contributed by atoms with E-state index in [1.165, 1.54) is 0 Å². The van der Waals surface area contributed by atoms with Crippen LogP contribution in [-0.2, 0) is 4.79 Å². The minimum atomic E-state index is -0.0376. The zero-order chi connectivity index (χ0) is 12.4. The summed E-state index contributed by atoms with van der Waals surface area (Å²) in [6, 6.07) is 5.27. The standard InChI is InChI=1S/C12H11ClINO2/c13-8-1-2-11(14)10(7-8)12(17)15-5-3-9(16)4-6-15/h1-2,7H,3-6H2. The summed E-state index contributed by atoms with van der Waals surface area (Å²) >= 11 is 8.01. The van der Waals surface area contributed by atoms with Crippen molar-refractivity contribution in [3.05, 3.63) is 32.4 Å². The van der Waals surface area contributed by atoms with E-state index in [-0.39, 0.29) is 11.7 Å². The van der Waals surface area contributed by atoms with Gasteiger partial charge in [0.05, 0.1) is 5.56 Å². The number of nitrogens with zero attached hydrogens (tertiary/aromatic N) is 1. The first-order valence-electron chi connectivity index (χ1n) is 5.34. The third kappa shape index (κ3) is 2.98. The zero-order valence-corrected chi connectivity index (χ0v) is 12.0. The van der Waals surface area contributed by atoms with Crippen LogP contribution in [0.2, 0.25) is 5.02 Å². The van der Waals surface area contributed by atoms with Gasteiger partial charge in [-0.05, 0) is 40.8 Å². The first kappa shape index (κ1) is 12.8. The number of likely N-dealkylation sites (tertiary alicyclic amines) is 1. The van der Waals surface area contributed by atoms with Crippen LogP contribution in [0.15, 0.2) is 18.2 Å². The molecule has 0 bridgehead atoms.